The maximum absolute atomic E-state index is 10.4. The highest BCUT2D eigenvalue weighted by atomic mass is 35.5. The lowest BCUT2D eigenvalue weighted by Gasteiger charge is -2.21. The fraction of sp³-hybridized carbons (Fsp3) is 0.417. The summed E-state index contributed by atoms with van der Waals surface area (Å²) in [7, 11) is 0. The number of carboxylic acid groups (broad SMARTS) is 1. The zero-order valence-corrected chi connectivity index (χ0v) is 12.2. The molecule has 1 rings (SSSR count). The summed E-state index contributed by atoms with van der Waals surface area (Å²) in [5.41, 5.74) is 1.99. The van der Waals surface area contributed by atoms with Crippen molar-refractivity contribution in [2.24, 2.45) is 0 Å². The lowest BCUT2D eigenvalue weighted by atomic mass is 10.2. The maximum Gasteiger partial charge on any atom is 0.322 e. The Bertz CT molecular complexity index is 340. The number of hydrogen-bond acceptors (Lipinski definition) is 3. The summed E-state index contributed by atoms with van der Waals surface area (Å²) in [5.74, 6) is -0.854. The molecule has 0 heterocycles. The first-order valence-electron chi connectivity index (χ1n) is 5.48. The molecule has 0 radical (unpaired) electrons. The van der Waals surface area contributed by atoms with Gasteiger partial charge in [-0.1, -0.05) is 0 Å². The minimum atomic E-state index is -0.854. The van der Waals surface area contributed by atoms with Crippen LogP contribution < -0.4 is 10.2 Å². The predicted molar refractivity (Wildman–Crippen MR) is 80.6 cm³/mol. The van der Waals surface area contributed by atoms with Gasteiger partial charge < -0.3 is 15.3 Å². The number of benzene rings is 1. The fourth-order valence-electron chi connectivity index (χ4n) is 1.56. The number of aliphatic carboxylic acids is 1. The van der Waals surface area contributed by atoms with E-state index in [2.05, 4.69) is 24.1 Å². The van der Waals surface area contributed by atoms with Crippen LogP contribution in [0.25, 0.3) is 0 Å². The Kier molecular flexibility index (Phi) is 10.5. The third-order valence-electron chi connectivity index (χ3n) is 2.44. The second-order valence-electron chi connectivity index (χ2n) is 3.47. The Morgan fingerprint density at radius 2 is 1.67 bits per heavy atom. The van der Waals surface area contributed by atoms with Crippen molar-refractivity contribution in [3.8, 4) is 0 Å². The standard InChI is InChI=1S/C12H18N2O2.2ClH/c1-3-14(4-2)11-7-5-10(6-8-11)13-9-12(15)16;;/h5-8,13H,3-4,9H2,1-2H3,(H,15,16);2*1H. The molecule has 0 aromatic heterocycles. The number of carboxylic acids is 1. The molecule has 1 aromatic rings. The van der Waals surface area contributed by atoms with Gasteiger partial charge in [-0.15, -0.1) is 24.8 Å². The molecule has 0 aliphatic heterocycles. The van der Waals surface area contributed by atoms with Crippen LogP contribution in [0.4, 0.5) is 11.4 Å². The number of nitrogens with one attached hydrogen (secondary N) is 1. The molecular weight excluding hydrogens is 275 g/mol. The van der Waals surface area contributed by atoms with Crippen LogP contribution >= 0.6 is 24.8 Å². The van der Waals surface area contributed by atoms with E-state index in [9.17, 15) is 4.79 Å². The number of carbonyl (C=O) groups is 1. The number of halogens is 2. The number of hydrogen-bond donors (Lipinski definition) is 2. The molecule has 0 atom stereocenters. The SMILES string of the molecule is CCN(CC)c1ccc(NCC(=O)O)cc1.Cl.Cl. The summed E-state index contributed by atoms with van der Waals surface area (Å²) in [4.78, 5) is 12.6. The van der Waals surface area contributed by atoms with Crippen molar-refractivity contribution >= 4 is 42.2 Å². The van der Waals surface area contributed by atoms with Crippen molar-refractivity contribution in [1.82, 2.24) is 0 Å². The Balaban J connectivity index is 0. The van der Waals surface area contributed by atoms with E-state index in [1.165, 1.54) is 0 Å². The van der Waals surface area contributed by atoms with Crippen LogP contribution in [-0.4, -0.2) is 30.7 Å². The molecule has 0 amide bonds. The lowest BCUT2D eigenvalue weighted by Crippen LogP contribution is -2.21. The van der Waals surface area contributed by atoms with Crippen molar-refractivity contribution in [2.45, 2.75) is 13.8 Å². The smallest absolute Gasteiger partial charge is 0.322 e. The van der Waals surface area contributed by atoms with Crippen LogP contribution in [0, 0.1) is 0 Å². The summed E-state index contributed by atoms with van der Waals surface area (Å²) in [6.07, 6.45) is 0. The highest BCUT2D eigenvalue weighted by molar-refractivity contribution is 5.85. The third-order valence-corrected chi connectivity index (χ3v) is 2.44. The monoisotopic (exact) mass is 294 g/mol. The van der Waals surface area contributed by atoms with E-state index in [1.807, 2.05) is 24.3 Å². The Morgan fingerprint density at radius 1 is 1.17 bits per heavy atom. The van der Waals surface area contributed by atoms with Crippen molar-refractivity contribution in [3.63, 3.8) is 0 Å². The van der Waals surface area contributed by atoms with Crippen LogP contribution in [0.2, 0.25) is 0 Å². The average Bonchev–Trinajstić information content (AvgIpc) is 2.29. The van der Waals surface area contributed by atoms with E-state index < -0.39 is 5.97 Å². The molecule has 1 aromatic carbocycles. The molecular formula is C12H20Cl2N2O2. The van der Waals surface area contributed by atoms with Crippen molar-refractivity contribution < 1.29 is 9.90 Å². The molecule has 0 saturated carbocycles. The van der Waals surface area contributed by atoms with Crippen LogP contribution in [0.1, 0.15) is 13.8 Å². The van der Waals surface area contributed by atoms with Gasteiger partial charge in [-0.25, -0.2) is 0 Å². The van der Waals surface area contributed by atoms with E-state index >= 15 is 0 Å². The normalized spacial score (nSPS) is 8.78. The van der Waals surface area contributed by atoms with Gasteiger partial charge in [0.05, 0.1) is 0 Å². The van der Waals surface area contributed by atoms with Gasteiger partial charge in [-0.3, -0.25) is 4.79 Å². The zero-order valence-electron chi connectivity index (χ0n) is 10.5. The summed E-state index contributed by atoms with van der Waals surface area (Å²) >= 11 is 0. The highest BCUT2D eigenvalue weighted by Crippen LogP contribution is 2.17. The van der Waals surface area contributed by atoms with Crippen LogP contribution in [-0.2, 0) is 4.79 Å². The summed E-state index contributed by atoms with van der Waals surface area (Å²) in [6, 6.07) is 7.79. The van der Waals surface area contributed by atoms with Crippen LogP contribution in [0.3, 0.4) is 0 Å². The quantitative estimate of drug-likeness (QED) is 0.847. The van der Waals surface area contributed by atoms with Crippen molar-refractivity contribution in [1.29, 1.82) is 0 Å². The van der Waals surface area contributed by atoms with Gasteiger partial charge in [0.2, 0.25) is 0 Å². The minimum absolute atomic E-state index is 0. The molecule has 18 heavy (non-hydrogen) atoms. The van der Waals surface area contributed by atoms with Gasteiger partial charge in [0, 0.05) is 24.5 Å². The third kappa shape index (κ3) is 5.98. The minimum Gasteiger partial charge on any atom is -0.480 e. The first-order chi connectivity index (χ1) is 7.67. The molecule has 0 saturated heterocycles. The molecule has 2 N–H and O–H groups in total. The second-order valence-corrected chi connectivity index (χ2v) is 3.47. The number of rotatable bonds is 6. The summed E-state index contributed by atoms with van der Waals surface area (Å²) in [5, 5.41) is 11.4. The number of nitrogens with zero attached hydrogens (tertiary/aromatic N) is 1. The van der Waals surface area contributed by atoms with Gasteiger partial charge >= 0.3 is 5.97 Å². The first kappa shape index (κ1) is 19.2. The molecule has 6 heteroatoms. The van der Waals surface area contributed by atoms with E-state index in [0.29, 0.717) is 0 Å². The molecule has 0 fully saturated rings. The van der Waals surface area contributed by atoms with E-state index in [4.69, 9.17) is 5.11 Å². The first-order valence-corrected chi connectivity index (χ1v) is 5.48. The average molecular weight is 295 g/mol. The topological polar surface area (TPSA) is 52.6 Å². The van der Waals surface area contributed by atoms with Gasteiger partial charge in [-0.05, 0) is 38.1 Å². The fourth-order valence-corrected chi connectivity index (χ4v) is 1.56. The van der Waals surface area contributed by atoms with Gasteiger partial charge in [0.1, 0.15) is 6.54 Å². The van der Waals surface area contributed by atoms with E-state index in [0.717, 1.165) is 24.5 Å². The second kappa shape index (κ2) is 9.85. The summed E-state index contributed by atoms with van der Waals surface area (Å²) < 4.78 is 0. The molecule has 104 valence electrons. The molecule has 0 aliphatic rings. The Hall–Kier alpha value is -1.13. The van der Waals surface area contributed by atoms with Gasteiger partial charge in [0.25, 0.3) is 0 Å². The Morgan fingerprint density at radius 3 is 2.06 bits per heavy atom. The lowest BCUT2D eigenvalue weighted by molar-refractivity contribution is -0.134. The Labute approximate surface area is 120 Å². The highest BCUT2D eigenvalue weighted by Gasteiger charge is 2.01. The molecule has 0 spiro atoms. The number of anilines is 2. The van der Waals surface area contributed by atoms with Crippen LogP contribution in [0.5, 0.6) is 0 Å². The molecule has 0 unspecified atom stereocenters. The predicted octanol–water partition coefficient (Wildman–Crippen LogP) is 2.87. The van der Waals surface area contributed by atoms with Crippen molar-refractivity contribution in [2.75, 3.05) is 29.9 Å². The molecule has 4 nitrogen and oxygen atoms in total. The molecule has 0 bridgehead atoms. The van der Waals surface area contributed by atoms with Crippen molar-refractivity contribution in [3.05, 3.63) is 24.3 Å². The maximum atomic E-state index is 10.4. The van der Waals surface area contributed by atoms with E-state index in [-0.39, 0.29) is 31.4 Å². The molecule has 0 aliphatic carbocycles. The summed E-state index contributed by atoms with van der Waals surface area (Å²) in [6.45, 7) is 6.11. The largest absolute Gasteiger partial charge is 0.480 e. The van der Waals surface area contributed by atoms with Gasteiger partial charge in [-0.2, -0.15) is 0 Å². The van der Waals surface area contributed by atoms with E-state index in [1.54, 1.807) is 0 Å². The van der Waals surface area contributed by atoms with Gasteiger partial charge in [0.15, 0.2) is 0 Å². The van der Waals surface area contributed by atoms with Crippen LogP contribution in [0.15, 0.2) is 24.3 Å². The zero-order chi connectivity index (χ0) is 12.0.